The quantitative estimate of drug-likeness (QED) is 0.633. The molecule has 0 aliphatic heterocycles. The lowest BCUT2D eigenvalue weighted by Crippen LogP contribution is -2.31. The molecule has 1 amide bonds. The number of nitrogens with one attached hydrogen (secondary N) is 1. The van der Waals surface area contributed by atoms with Crippen LogP contribution in [0.3, 0.4) is 0 Å². The Kier molecular flexibility index (Phi) is 5.99. The van der Waals surface area contributed by atoms with Gasteiger partial charge in [-0.05, 0) is 44.5 Å². The van der Waals surface area contributed by atoms with E-state index in [1.165, 1.54) is 0 Å². The predicted octanol–water partition coefficient (Wildman–Crippen LogP) is 3.78. The highest BCUT2D eigenvalue weighted by Gasteiger charge is 2.19. The van der Waals surface area contributed by atoms with E-state index in [0.29, 0.717) is 17.9 Å². The third kappa shape index (κ3) is 4.52. The van der Waals surface area contributed by atoms with Crippen LogP contribution in [-0.4, -0.2) is 23.1 Å². The highest BCUT2D eigenvalue weighted by molar-refractivity contribution is 5.92. The average Bonchev–Trinajstić information content (AvgIpc) is 3.31. The minimum Gasteiger partial charge on any atom is -0.467 e. The third-order valence-corrected chi connectivity index (χ3v) is 4.66. The maximum atomic E-state index is 12.5. The summed E-state index contributed by atoms with van der Waals surface area (Å²) in [6, 6.07) is 15.1. The van der Waals surface area contributed by atoms with Crippen LogP contribution in [0.25, 0.3) is 0 Å². The van der Waals surface area contributed by atoms with Crippen LogP contribution in [0.2, 0.25) is 0 Å². The van der Waals surface area contributed by atoms with Crippen molar-refractivity contribution in [3.05, 3.63) is 83.1 Å². The lowest BCUT2D eigenvalue weighted by molar-refractivity contribution is -0.125. The predicted molar refractivity (Wildman–Crippen MR) is 105 cm³/mol. The normalized spacial score (nSPS) is 11.8. The van der Waals surface area contributed by atoms with Gasteiger partial charge in [0.05, 0.1) is 17.9 Å². The first-order chi connectivity index (χ1) is 13.5. The van der Waals surface area contributed by atoms with Crippen molar-refractivity contribution in [1.82, 2.24) is 9.88 Å². The minimum atomic E-state index is -0.506. The van der Waals surface area contributed by atoms with Crippen molar-refractivity contribution in [2.75, 3.05) is 6.61 Å². The maximum absolute atomic E-state index is 12.5. The average molecular weight is 380 g/mol. The first-order valence-corrected chi connectivity index (χ1v) is 9.16. The van der Waals surface area contributed by atoms with Crippen molar-refractivity contribution in [1.29, 1.82) is 0 Å². The SMILES string of the molecule is Cc1cc(C(=O)OCC(=O)N[C@H](C)c2ccco2)c(C)n1Cc1ccccc1. The molecule has 146 valence electrons. The van der Waals surface area contributed by atoms with Crippen LogP contribution in [0, 0.1) is 13.8 Å². The van der Waals surface area contributed by atoms with Gasteiger partial charge in [0.15, 0.2) is 6.61 Å². The number of benzene rings is 1. The van der Waals surface area contributed by atoms with Gasteiger partial charge < -0.3 is 19.0 Å². The van der Waals surface area contributed by atoms with Gasteiger partial charge in [0.25, 0.3) is 5.91 Å². The van der Waals surface area contributed by atoms with Crippen LogP contribution < -0.4 is 5.32 Å². The summed E-state index contributed by atoms with van der Waals surface area (Å²) in [5, 5.41) is 2.74. The fourth-order valence-electron chi connectivity index (χ4n) is 3.12. The monoisotopic (exact) mass is 380 g/mol. The van der Waals surface area contributed by atoms with Crippen LogP contribution in [-0.2, 0) is 16.1 Å². The molecule has 0 unspecified atom stereocenters. The maximum Gasteiger partial charge on any atom is 0.340 e. The summed E-state index contributed by atoms with van der Waals surface area (Å²) in [6.07, 6.45) is 1.54. The van der Waals surface area contributed by atoms with Crippen molar-refractivity contribution < 1.29 is 18.7 Å². The van der Waals surface area contributed by atoms with E-state index >= 15 is 0 Å². The van der Waals surface area contributed by atoms with Crippen LogP contribution in [0.5, 0.6) is 0 Å². The Balaban J connectivity index is 1.60. The second-order valence-electron chi connectivity index (χ2n) is 6.74. The fraction of sp³-hybridized carbons (Fsp3) is 0.273. The number of aryl methyl sites for hydroxylation is 1. The van der Waals surface area contributed by atoms with E-state index in [4.69, 9.17) is 9.15 Å². The van der Waals surface area contributed by atoms with Crippen molar-refractivity contribution in [2.45, 2.75) is 33.4 Å². The number of nitrogens with zero attached hydrogens (tertiary/aromatic N) is 1. The zero-order valence-electron chi connectivity index (χ0n) is 16.3. The smallest absolute Gasteiger partial charge is 0.340 e. The standard InChI is InChI=1S/C22H24N2O4/c1-15-12-19(17(3)24(15)13-18-8-5-4-6-9-18)22(26)28-14-21(25)23-16(2)20-10-7-11-27-20/h4-12,16H,13-14H2,1-3H3,(H,23,25)/t16-/m1/s1. The number of furan rings is 1. The number of carbonyl (C=O) groups excluding carboxylic acids is 2. The Hall–Kier alpha value is -3.28. The molecule has 1 aromatic carbocycles. The van der Waals surface area contributed by atoms with E-state index in [1.807, 2.05) is 44.2 Å². The fourth-order valence-corrected chi connectivity index (χ4v) is 3.12. The number of amides is 1. The largest absolute Gasteiger partial charge is 0.467 e. The van der Waals surface area contributed by atoms with E-state index in [-0.39, 0.29) is 18.6 Å². The molecule has 0 bridgehead atoms. The van der Waals surface area contributed by atoms with Gasteiger partial charge in [-0.2, -0.15) is 0 Å². The first-order valence-electron chi connectivity index (χ1n) is 9.16. The molecule has 0 saturated heterocycles. The molecule has 2 heterocycles. The van der Waals surface area contributed by atoms with Crippen LogP contribution in [0.15, 0.2) is 59.2 Å². The second kappa shape index (κ2) is 8.61. The van der Waals surface area contributed by atoms with E-state index in [0.717, 1.165) is 17.0 Å². The molecule has 2 aromatic heterocycles. The number of ether oxygens (including phenoxy) is 1. The lowest BCUT2D eigenvalue weighted by Gasteiger charge is -2.12. The zero-order valence-corrected chi connectivity index (χ0v) is 16.3. The summed E-state index contributed by atoms with van der Waals surface area (Å²) < 4.78 is 12.5. The van der Waals surface area contributed by atoms with E-state index < -0.39 is 5.97 Å². The van der Waals surface area contributed by atoms with Crippen LogP contribution in [0.1, 0.15) is 46.0 Å². The number of hydrogen-bond acceptors (Lipinski definition) is 4. The molecule has 0 radical (unpaired) electrons. The highest BCUT2D eigenvalue weighted by atomic mass is 16.5. The molecular weight excluding hydrogens is 356 g/mol. The van der Waals surface area contributed by atoms with Crippen molar-refractivity contribution in [3.63, 3.8) is 0 Å². The molecule has 6 heteroatoms. The van der Waals surface area contributed by atoms with Crippen molar-refractivity contribution in [2.24, 2.45) is 0 Å². The molecule has 3 rings (SSSR count). The highest BCUT2D eigenvalue weighted by Crippen LogP contribution is 2.18. The molecule has 1 N–H and O–H groups in total. The van der Waals surface area contributed by atoms with Crippen LogP contribution in [0.4, 0.5) is 0 Å². The summed E-state index contributed by atoms with van der Waals surface area (Å²) in [5.41, 5.74) is 3.40. The number of aromatic nitrogens is 1. The number of hydrogen-bond donors (Lipinski definition) is 1. The molecule has 0 spiro atoms. The number of rotatable bonds is 7. The molecule has 0 saturated carbocycles. The molecule has 0 fully saturated rings. The Bertz CT molecular complexity index is 943. The van der Waals surface area contributed by atoms with Gasteiger partial charge in [-0.3, -0.25) is 4.79 Å². The molecule has 28 heavy (non-hydrogen) atoms. The summed E-state index contributed by atoms with van der Waals surface area (Å²) in [4.78, 5) is 24.5. The van der Waals surface area contributed by atoms with E-state index in [9.17, 15) is 9.59 Å². The lowest BCUT2D eigenvalue weighted by atomic mass is 10.2. The second-order valence-corrected chi connectivity index (χ2v) is 6.74. The Morgan fingerprint density at radius 3 is 2.57 bits per heavy atom. The molecular formula is C22H24N2O4. The van der Waals surface area contributed by atoms with Gasteiger partial charge in [-0.15, -0.1) is 0 Å². The van der Waals surface area contributed by atoms with Gasteiger partial charge in [0, 0.05) is 17.9 Å². The van der Waals surface area contributed by atoms with Gasteiger partial charge >= 0.3 is 5.97 Å². The Morgan fingerprint density at radius 1 is 1.14 bits per heavy atom. The summed E-state index contributed by atoms with van der Waals surface area (Å²) >= 11 is 0. The minimum absolute atomic E-state index is 0.294. The first kappa shape index (κ1) is 19.5. The number of esters is 1. The molecule has 6 nitrogen and oxygen atoms in total. The molecule has 3 aromatic rings. The summed E-state index contributed by atoms with van der Waals surface area (Å²) in [7, 11) is 0. The molecule has 0 aliphatic carbocycles. The molecule has 1 atom stereocenters. The Morgan fingerprint density at radius 2 is 1.89 bits per heavy atom. The van der Waals surface area contributed by atoms with Gasteiger partial charge in [0.1, 0.15) is 5.76 Å². The number of carbonyl (C=O) groups is 2. The van der Waals surface area contributed by atoms with Crippen LogP contribution >= 0.6 is 0 Å². The molecule has 0 aliphatic rings. The summed E-state index contributed by atoms with van der Waals surface area (Å²) in [5.74, 6) is -0.243. The topological polar surface area (TPSA) is 73.5 Å². The van der Waals surface area contributed by atoms with Gasteiger partial charge in [-0.1, -0.05) is 30.3 Å². The van der Waals surface area contributed by atoms with E-state index in [1.54, 1.807) is 31.4 Å². The third-order valence-electron chi connectivity index (χ3n) is 4.66. The van der Waals surface area contributed by atoms with Crippen molar-refractivity contribution in [3.8, 4) is 0 Å². The van der Waals surface area contributed by atoms with Gasteiger partial charge in [0.2, 0.25) is 0 Å². The van der Waals surface area contributed by atoms with Gasteiger partial charge in [-0.25, -0.2) is 4.79 Å². The van der Waals surface area contributed by atoms with Crippen molar-refractivity contribution >= 4 is 11.9 Å². The summed E-state index contributed by atoms with van der Waals surface area (Å²) in [6.45, 7) is 5.96. The van der Waals surface area contributed by atoms with E-state index in [2.05, 4.69) is 9.88 Å². The Labute approximate surface area is 164 Å². The zero-order chi connectivity index (χ0) is 20.1.